The van der Waals surface area contributed by atoms with Crippen molar-refractivity contribution >= 4 is 11.7 Å². The molecule has 2 N–H and O–H groups in total. The predicted molar refractivity (Wildman–Crippen MR) is 94.4 cm³/mol. The molecule has 0 aliphatic rings. The van der Waals surface area contributed by atoms with Crippen molar-refractivity contribution in [2.24, 2.45) is 0 Å². The van der Waals surface area contributed by atoms with E-state index in [-0.39, 0.29) is 22.6 Å². The SMILES string of the molecule is COC(=O)c1c(N)c(C#N)cn1-c1ccc(-c2cccc(C(F)F)n2)cc1. The lowest BCUT2D eigenvalue weighted by Crippen LogP contribution is -2.11. The predicted octanol–water partition coefficient (Wildman–Crippen LogP) is 3.72. The number of nitriles is 1. The van der Waals surface area contributed by atoms with Gasteiger partial charge in [-0.15, -0.1) is 0 Å². The summed E-state index contributed by atoms with van der Waals surface area (Å²) in [4.78, 5) is 16.0. The second-order valence-electron chi connectivity index (χ2n) is 5.57. The van der Waals surface area contributed by atoms with Crippen LogP contribution in [0.4, 0.5) is 14.5 Å². The molecule has 3 rings (SSSR count). The van der Waals surface area contributed by atoms with E-state index in [0.29, 0.717) is 16.9 Å². The zero-order valence-corrected chi connectivity index (χ0v) is 14.2. The Hall–Kier alpha value is -3.73. The summed E-state index contributed by atoms with van der Waals surface area (Å²) >= 11 is 0. The van der Waals surface area contributed by atoms with Crippen LogP contribution in [0.2, 0.25) is 0 Å². The fourth-order valence-corrected chi connectivity index (χ4v) is 2.64. The summed E-state index contributed by atoms with van der Waals surface area (Å²) in [7, 11) is 1.22. The second-order valence-corrected chi connectivity index (χ2v) is 5.57. The molecule has 0 bridgehead atoms. The van der Waals surface area contributed by atoms with E-state index in [4.69, 9.17) is 15.7 Å². The first-order chi connectivity index (χ1) is 13.0. The number of nitrogens with two attached hydrogens (primary N) is 1. The van der Waals surface area contributed by atoms with Gasteiger partial charge in [0.25, 0.3) is 6.43 Å². The van der Waals surface area contributed by atoms with Crippen molar-refractivity contribution in [3.63, 3.8) is 0 Å². The number of nitrogen functional groups attached to an aromatic ring is 1. The number of aromatic nitrogens is 2. The van der Waals surface area contributed by atoms with E-state index in [1.54, 1.807) is 30.3 Å². The highest BCUT2D eigenvalue weighted by molar-refractivity contribution is 5.96. The van der Waals surface area contributed by atoms with E-state index in [1.165, 1.54) is 30.0 Å². The third-order valence-electron chi connectivity index (χ3n) is 3.98. The summed E-state index contributed by atoms with van der Waals surface area (Å²) < 4.78 is 31.8. The number of hydrogen-bond acceptors (Lipinski definition) is 5. The maximum absolute atomic E-state index is 12.8. The lowest BCUT2D eigenvalue weighted by molar-refractivity contribution is 0.0593. The van der Waals surface area contributed by atoms with Gasteiger partial charge in [-0.1, -0.05) is 18.2 Å². The monoisotopic (exact) mass is 368 g/mol. The number of pyridine rings is 1. The van der Waals surface area contributed by atoms with Crippen LogP contribution in [-0.2, 0) is 4.74 Å². The summed E-state index contributed by atoms with van der Waals surface area (Å²) in [5.74, 6) is -0.677. The van der Waals surface area contributed by atoms with E-state index < -0.39 is 12.4 Å². The highest BCUT2D eigenvalue weighted by Crippen LogP contribution is 2.27. The second kappa shape index (κ2) is 7.25. The first kappa shape index (κ1) is 18.1. The number of carbonyl (C=O) groups excluding carboxylic acids is 1. The Morgan fingerprint density at radius 3 is 2.56 bits per heavy atom. The van der Waals surface area contributed by atoms with Gasteiger partial charge in [0.05, 0.1) is 24.1 Å². The van der Waals surface area contributed by atoms with Crippen molar-refractivity contribution in [1.82, 2.24) is 9.55 Å². The number of hydrogen-bond donors (Lipinski definition) is 1. The molecule has 0 aliphatic carbocycles. The molecule has 27 heavy (non-hydrogen) atoms. The number of carbonyl (C=O) groups is 1. The lowest BCUT2D eigenvalue weighted by atomic mass is 10.1. The van der Waals surface area contributed by atoms with Crippen LogP contribution >= 0.6 is 0 Å². The van der Waals surface area contributed by atoms with E-state index in [1.807, 2.05) is 6.07 Å². The van der Waals surface area contributed by atoms with Crippen LogP contribution in [0.3, 0.4) is 0 Å². The van der Waals surface area contributed by atoms with Gasteiger partial charge in [0.2, 0.25) is 0 Å². The van der Waals surface area contributed by atoms with Gasteiger partial charge in [-0.05, 0) is 24.3 Å². The van der Waals surface area contributed by atoms with Crippen molar-refractivity contribution in [3.05, 3.63) is 65.6 Å². The first-order valence-corrected chi connectivity index (χ1v) is 7.81. The molecular weight excluding hydrogens is 354 g/mol. The van der Waals surface area contributed by atoms with E-state index in [0.717, 1.165) is 0 Å². The molecule has 0 saturated heterocycles. The normalized spacial score (nSPS) is 10.6. The van der Waals surface area contributed by atoms with Gasteiger partial charge in [-0.3, -0.25) is 0 Å². The third kappa shape index (κ3) is 3.35. The number of nitrogens with zero attached hydrogens (tertiary/aromatic N) is 3. The fraction of sp³-hybridized carbons (Fsp3) is 0.105. The molecule has 0 amide bonds. The molecule has 0 saturated carbocycles. The van der Waals surface area contributed by atoms with Crippen LogP contribution in [0.25, 0.3) is 16.9 Å². The van der Waals surface area contributed by atoms with Crippen LogP contribution in [0, 0.1) is 11.3 Å². The van der Waals surface area contributed by atoms with Gasteiger partial charge in [-0.25, -0.2) is 18.6 Å². The minimum atomic E-state index is -2.65. The Kier molecular flexibility index (Phi) is 4.86. The van der Waals surface area contributed by atoms with Gasteiger partial charge in [0.15, 0.2) is 5.69 Å². The van der Waals surface area contributed by atoms with Crippen LogP contribution in [0.5, 0.6) is 0 Å². The molecule has 2 aromatic heterocycles. The van der Waals surface area contributed by atoms with Crippen LogP contribution in [0.15, 0.2) is 48.7 Å². The molecule has 1 aromatic carbocycles. The first-order valence-electron chi connectivity index (χ1n) is 7.81. The maximum atomic E-state index is 12.8. The Morgan fingerprint density at radius 1 is 1.26 bits per heavy atom. The van der Waals surface area contributed by atoms with Gasteiger partial charge < -0.3 is 15.0 Å². The third-order valence-corrected chi connectivity index (χ3v) is 3.98. The molecule has 3 aromatic rings. The number of halogens is 2. The van der Waals surface area contributed by atoms with Crippen molar-refractivity contribution in [3.8, 4) is 23.0 Å². The van der Waals surface area contributed by atoms with E-state index >= 15 is 0 Å². The van der Waals surface area contributed by atoms with Crippen molar-refractivity contribution in [1.29, 1.82) is 5.26 Å². The number of ether oxygens (including phenoxy) is 1. The summed E-state index contributed by atoms with van der Waals surface area (Å²) in [6.07, 6.45) is -1.22. The highest BCUT2D eigenvalue weighted by atomic mass is 19.3. The Balaban J connectivity index is 2.03. The van der Waals surface area contributed by atoms with Gasteiger partial charge in [-0.2, -0.15) is 5.26 Å². The molecule has 0 spiro atoms. The molecule has 0 radical (unpaired) electrons. The standard InChI is InChI=1S/C19H14F2N4O2/c1-27-19(26)17-16(23)12(9-22)10-25(17)13-7-5-11(6-8-13)14-3-2-4-15(24-14)18(20)21/h2-8,10,18H,23H2,1H3. The molecule has 0 fully saturated rings. The zero-order chi connectivity index (χ0) is 19.6. The maximum Gasteiger partial charge on any atom is 0.357 e. The Labute approximate surface area is 153 Å². The minimum Gasteiger partial charge on any atom is -0.464 e. The number of esters is 1. The van der Waals surface area contributed by atoms with Gasteiger partial charge in [0.1, 0.15) is 11.8 Å². The quantitative estimate of drug-likeness (QED) is 0.709. The largest absolute Gasteiger partial charge is 0.464 e. The summed E-state index contributed by atoms with van der Waals surface area (Å²) in [6.45, 7) is 0. The molecule has 6 nitrogen and oxygen atoms in total. The molecule has 136 valence electrons. The van der Waals surface area contributed by atoms with Crippen molar-refractivity contribution in [2.75, 3.05) is 12.8 Å². The number of anilines is 1. The summed E-state index contributed by atoms with van der Waals surface area (Å²) in [6, 6.07) is 13.0. The van der Waals surface area contributed by atoms with Gasteiger partial charge in [0, 0.05) is 17.4 Å². The van der Waals surface area contributed by atoms with Crippen LogP contribution in [-0.4, -0.2) is 22.6 Å². The number of rotatable bonds is 4. The number of methoxy groups -OCH3 is 1. The van der Waals surface area contributed by atoms with Crippen LogP contribution < -0.4 is 5.73 Å². The fourth-order valence-electron chi connectivity index (χ4n) is 2.64. The summed E-state index contributed by atoms with van der Waals surface area (Å²) in [5.41, 5.74) is 7.36. The van der Waals surface area contributed by atoms with Crippen LogP contribution in [0.1, 0.15) is 28.2 Å². The molecule has 0 aliphatic heterocycles. The lowest BCUT2D eigenvalue weighted by Gasteiger charge is -2.10. The number of alkyl halides is 2. The summed E-state index contributed by atoms with van der Waals surface area (Å²) in [5, 5.41) is 9.16. The van der Waals surface area contributed by atoms with Crippen molar-refractivity contribution in [2.45, 2.75) is 6.43 Å². The minimum absolute atomic E-state index is 0.0275. The number of benzene rings is 1. The average Bonchev–Trinajstić information content (AvgIpc) is 3.04. The Bertz CT molecular complexity index is 1040. The van der Waals surface area contributed by atoms with Crippen molar-refractivity contribution < 1.29 is 18.3 Å². The van der Waals surface area contributed by atoms with Gasteiger partial charge >= 0.3 is 5.97 Å². The molecule has 0 unspecified atom stereocenters. The van der Waals surface area contributed by atoms with E-state index in [9.17, 15) is 13.6 Å². The Morgan fingerprint density at radius 2 is 1.96 bits per heavy atom. The topological polar surface area (TPSA) is 93.9 Å². The molecule has 0 atom stereocenters. The highest BCUT2D eigenvalue weighted by Gasteiger charge is 2.21. The average molecular weight is 368 g/mol. The zero-order valence-electron chi connectivity index (χ0n) is 14.2. The molecule has 2 heterocycles. The smallest absolute Gasteiger partial charge is 0.357 e. The molecular formula is C19H14F2N4O2. The molecule has 8 heteroatoms. The van der Waals surface area contributed by atoms with E-state index in [2.05, 4.69) is 4.98 Å².